The third kappa shape index (κ3) is 19.0. The summed E-state index contributed by atoms with van der Waals surface area (Å²) >= 11 is 1.09. The first kappa shape index (κ1) is 73.0. The van der Waals surface area contributed by atoms with Crippen LogP contribution in [0.3, 0.4) is 0 Å². The zero-order valence-corrected chi connectivity index (χ0v) is 53.9. The van der Waals surface area contributed by atoms with Crippen molar-refractivity contribution in [2.75, 3.05) is 13.1 Å². The van der Waals surface area contributed by atoms with E-state index in [9.17, 15) is 62.3 Å². The Balaban J connectivity index is 1.21. The third-order valence-electron chi connectivity index (χ3n) is 15.5. The third-order valence-corrected chi connectivity index (χ3v) is 16.4. The van der Waals surface area contributed by atoms with Crippen LogP contribution >= 0.6 is 11.3 Å². The number of nitrogens with two attached hydrogens (primary N) is 3. The molecule has 526 valence electrons. The van der Waals surface area contributed by atoms with Crippen molar-refractivity contribution >= 4 is 103 Å². The molecule has 5 aromatic heterocycles. The van der Waals surface area contributed by atoms with E-state index >= 15 is 14.4 Å². The molecule has 100 heavy (non-hydrogen) atoms. The number of carbonyl (C=O) groups excluding carboxylic acids is 8. The van der Waals surface area contributed by atoms with Crippen molar-refractivity contribution in [3.05, 3.63) is 191 Å². The predicted molar refractivity (Wildman–Crippen MR) is 363 cm³/mol. The average Bonchev–Trinajstić information content (AvgIpc) is 0.980. The number of fused-ring (bicyclic) bond motifs is 3. The molecule has 0 aliphatic heterocycles. The molecule has 0 unspecified atom stereocenters. The first-order chi connectivity index (χ1) is 47.6. The maximum absolute atomic E-state index is 15.5. The summed E-state index contributed by atoms with van der Waals surface area (Å²) in [5, 5.41) is 38.3. The fourth-order valence-corrected chi connectivity index (χ4v) is 11.3. The Morgan fingerprint density at radius 1 is 0.440 bits per heavy atom. The second kappa shape index (κ2) is 33.2. The van der Waals surface area contributed by atoms with Crippen LogP contribution in [0, 0.1) is 10.8 Å². The second-order valence-electron chi connectivity index (χ2n) is 22.7. The van der Waals surface area contributed by atoms with Crippen LogP contribution in [0.1, 0.15) is 37.5 Å². The van der Waals surface area contributed by atoms with Crippen LogP contribution in [-0.2, 0) is 71.0 Å². The number of nitrogens with one attached hydrogen (secondary N) is 15. The molecule has 0 saturated heterocycles. The van der Waals surface area contributed by atoms with Gasteiger partial charge in [-0.25, -0.2) is 19.2 Å². The van der Waals surface area contributed by atoms with Gasteiger partial charge in [0.2, 0.25) is 47.3 Å². The van der Waals surface area contributed by atoms with Crippen molar-refractivity contribution in [2.24, 2.45) is 17.2 Å². The largest absolute Gasteiger partial charge is 0.370 e. The summed E-state index contributed by atoms with van der Waals surface area (Å²) in [5.41, 5.74) is 8.30. The molecule has 0 radical (unpaired) electrons. The van der Waals surface area contributed by atoms with Crippen molar-refractivity contribution in [2.45, 2.75) is 107 Å². The number of primary amides is 1. The van der Waals surface area contributed by atoms with E-state index in [1.807, 2.05) is 4.98 Å². The Morgan fingerprint density at radius 3 is 1.19 bits per heavy atom. The van der Waals surface area contributed by atoms with Crippen molar-refractivity contribution in [3.63, 3.8) is 0 Å². The first-order valence-electron chi connectivity index (χ1n) is 30.7. The van der Waals surface area contributed by atoms with Crippen LogP contribution in [0.15, 0.2) is 141 Å². The molecular formula is C61H70N22O16S. The lowest BCUT2D eigenvalue weighted by Gasteiger charge is -2.28. The zero-order valence-electron chi connectivity index (χ0n) is 53.1. The molecule has 0 bridgehead atoms. The summed E-state index contributed by atoms with van der Waals surface area (Å²) < 4.78 is 2.36. The van der Waals surface area contributed by atoms with Crippen LogP contribution in [-0.4, -0.2) is 153 Å². The number of hydrogen-bond acceptors (Lipinski definition) is 19. The molecule has 8 aromatic rings. The minimum atomic E-state index is -2.29. The summed E-state index contributed by atoms with van der Waals surface area (Å²) in [7, 11) is 0. The van der Waals surface area contributed by atoms with Crippen molar-refractivity contribution in [3.8, 4) is 0 Å². The molecular weight excluding hydrogens is 1330 g/mol. The van der Waals surface area contributed by atoms with Gasteiger partial charge in [0.05, 0.1) is 58.9 Å². The normalized spacial score (nSPS) is 13.2. The molecule has 3 aromatic carbocycles. The molecule has 39 heteroatoms. The van der Waals surface area contributed by atoms with Crippen LogP contribution in [0.5, 0.6) is 0 Å². The number of carbonyl (C=O) groups is 8. The number of aromatic nitrogens is 8. The van der Waals surface area contributed by atoms with Gasteiger partial charge in [0.1, 0.15) is 42.3 Å². The van der Waals surface area contributed by atoms with Crippen LogP contribution in [0.4, 0.5) is 0 Å². The van der Waals surface area contributed by atoms with Gasteiger partial charge in [0.15, 0.2) is 11.9 Å². The van der Waals surface area contributed by atoms with E-state index < -0.39 is 173 Å². The molecule has 5 heterocycles. The number of guanidine groups is 2. The van der Waals surface area contributed by atoms with Crippen LogP contribution in [0.25, 0.3) is 32.7 Å². The van der Waals surface area contributed by atoms with Gasteiger partial charge >= 0.3 is 22.8 Å². The van der Waals surface area contributed by atoms with E-state index in [0.29, 0.717) is 18.6 Å². The molecule has 0 fully saturated rings. The summed E-state index contributed by atoms with van der Waals surface area (Å²) in [6.07, 6.45) is 0.455. The molecule has 21 N–H and O–H groups in total. The van der Waals surface area contributed by atoms with Crippen LogP contribution in [0.2, 0.25) is 0 Å². The summed E-state index contributed by atoms with van der Waals surface area (Å²) in [6, 6.07) is 7.90. The second-order valence-corrected chi connectivity index (χ2v) is 23.7. The number of H-pyrrole nitrogens is 4. The molecule has 8 rings (SSSR count). The Morgan fingerprint density at radius 2 is 0.810 bits per heavy atom. The lowest BCUT2D eigenvalue weighted by molar-refractivity contribution is -0.136. The number of benzene rings is 3. The molecule has 0 saturated carbocycles. The van der Waals surface area contributed by atoms with Crippen molar-refractivity contribution in [1.29, 1.82) is 10.8 Å². The van der Waals surface area contributed by atoms with E-state index in [1.165, 1.54) is 72.8 Å². The van der Waals surface area contributed by atoms with E-state index in [4.69, 9.17) is 28.0 Å². The fraction of sp³-hybridized carbons (Fsp3) is 0.311. The summed E-state index contributed by atoms with van der Waals surface area (Å²) in [4.78, 5) is 235. The molecule has 0 aliphatic rings. The molecule has 0 spiro atoms. The average molecular weight is 1400 g/mol. The number of amides is 8. The van der Waals surface area contributed by atoms with Gasteiger partial charge in [0.25, 0.3) is 22.2 Å². The quantitative estimate of drug-likeness (QED) is 0.0106. The molecule has 7 atom stereocenters. The lowest BCUT2D eigenvalue weighted by atomic mass is 10.1. The number of hydrogen-bond donors (Lipinski definition) is 18. The van der Waals surface area contributed by atoms with Gasteiger partial charge < -0.3 is 80.0 Å². The van der Waals surface area contributed by atoms with E-state index in [1.54, 1.807) is 17.5 Å². The summed E-state index contributed by atoms with van der Waals surface area (Å²) in [5.74, 6) is -10.3. The Bertz CT molecular complexity index is 4970. The molecule has 38 nitrogen and oxygen atoms in total. The topological polar surface area (TPSA) is 590 Å². The van der Waals surface area contributed by atoms with Gasteiger partial charge in [-0.2, -0.15) is 0 Å². The summed E-state index contributed by atoms with van der Waals surface area (Å²) in [6.45, 7) is -2.84. The monoisotopic (exact) mass is 1400 g/mol. The van der Waals surface area contributed by atoms with Gasteiger partial charge in [0, 0.05) is 43.6 Å². The molecule has 8 amide bonds. The minimum absolute atomic E-state index is 0.0109. The highest BCUT2D eigenvalue weighted by Crippen LogP contribution is 2.14. The van der Waals surface area contributed by atoms with Gasteiger partial charge in [-0.05, 0) is 73.5 Å². The van der Waals surface area contributed by atoms with Gasteiger partial charge in [-0.1, -0.05) is 42.5 Å². The number of rotatable bonds is 32. The number of nitrogens with zero attached hydrogens (tertiary/aromatic N) is 4. The number of thiophene rings is 1. The zero-order chi connectivity index (χ0) is 72.5. The highest BCUT2D eigenvalue weighted by molar-refractivity contribution is 7.09. The standard InChI is InChI=1S/C61H70N22O16S/c1-30(84)69-39(19-9-22-68-57(65)66)47(87)72-41(26-80-23-20-45(85)79-58(80)96)49(89)71-40(25-31-11-10-24-100-31)48(88)73-43(28-82-54(94)33-13-3-6-16-36(33)77-60(82)98)51(91)75-44(29-83-55(95)34-14-4-7-17-37(34)78-61(83)99)52(92)74-42(50(90)70-38(46(62)86)18-8-21-67-56(63)64)27-81-53(93)32-12-2-5-15-35(32)76-59(81)97/h2-7,10-17,20,23-24,38-44H,8-9,18-19,21-22,25-29H2,1H3,(H2,62,86)(H,69,84)(H,70,90)(H,71,89)(H,72,87)(H,73,88)(H,74,92)(H,75,91)(H,76,97)(H,77,98)(H,78,99)(H4,63,64,67)(H4,65,66,68)(H,79,85,96)/t38-,39-,40-,41+,42+,43+,44+/m0/s1. The van der Waals surface area contributed by atoms with E-state index in [2.05, 4.69) is 62.8 Å². The Kier molecular flexibility index (Phi) is 24.2. The maximum atomic E-state index is 15.5. The number of aromatic amines is 4. The predicted octanol–water partition coefficient (Wildman–Crippen LogP) is -6.62. The Labute approximate surface area is 564 Å². The fourth-order valence-electron chi connectivity index (χ4n) is 10.5. The smallest absolute Gasteiger partial charge is 0.328 e. The van der Waals surface area contributed by atoms with Crippen molar-refractivity contribution in [1.82, 2.24) is 86.1 Å². The number of para-hydroxylation sites is 3. The highest BCUT2D eigenvalue weighted by atomic mass is 32.1. The van der Waals surface area contributed by atoms with Crippen molar-refractivity contribution < 1.29 is 38.4 Å². The lowest BCUT2D eigenvalue weighted by Crippen LogP contribution is -2.63. The van der Waals surface area contributed by atoms with Gasteiger partial charge in [-0.15, -0.1) is 11.3 Å². The Hall–Kier alpha value is -12.8. The SMILES string of the molecule is CC(=O)N[C@@H](CCCNC(=N)N)C(=O)N[C@H](Cn1ccc(=O)[nH]c1=O)C(=O)N[C@@H](Cc1cccs1)C(=O)N[C@H](Cn1c(=O)[nH]c2ccccc2c1=O)C(=O)N[C@H](Cn1c(=O)[nH]c2ccccc2c1=O)C(=O)N[C@H](Cn1c(=O)[nH]c2ccccc2c1=O)C(=O)N[C@@H](CCCNC(=N)N)C(N)=O. The van der Waals surface area contributed by atoms with E-state index in [-0.39, 0.29) is 77.4 Å². The van der Waals surface area contributed by atoms with E-state index in [0.717, 1.165) is 35.1 Å². The van der Waals surface area contributed by atoms with Gasteiger partial charge in [-0.3, -0.25) is 91.6 Å². The minimum Gasteiger partial charge on any atom is -0.370 e. The van der Waals surface area contributed by atoms with Crippen LogP contribution < -0.4 is 110 Å². The highest BCUT2D eigenvalue weighted by Gasteiger charge is 2.37. The maximum Gasteiger partial charge on any atom is 0.328 e. The first-order valence-corrected chi connectivity index (χ1v) is 31.6. The molecule has 0 aliphatic carbocycles.